The van der Waals surface area contributed by atoms with E-state index in [2.05, 4.69) is 15.2 Å². The Morgan fingerprint density at radius 3 is 2.47 bits per heavy atom. The zero-order valence-corrected chi connectivity index (χ0v) is 25.0. The molecule has 1 saturated heterocycles. The van der Waals surface area contributed by atoms with Crippen LogP contribution in [0.25, 0.3) is 11.4 Å². The number of methoxy groups -OCH3 is 1. The van der Waals surface area contributed by atoms with E-state index in [-0.39, 0.29) is 16.4 Å². The third-order valence-electron chi connectivity index (χ3n) is 7.21. The Labute approximate surface area is 254 Å². The number of aromatic nitrogens is 4. The van der Waals surface area contributed by atoms with Crippen LogP contribution in [-0.4, -0.2) is 49.5 Å². The van der Waals surface area contributed by atoms with Gasteiger partial charge in [0.25, 0.3) is 5.78 Å². The second-order valence-electron chi connectivity index (χ2n) is 9.84. The van der Waals surface area contributed by atoms with E-state index in [0.29, 0.717) is 32.6 Å². The molecule has 1 atom stereocenters. The van der Waals surface area contributed by atoms with Crippen LogP contribution in [-0.2, 0) is 20.1 Å². The van der Waals surface area contributed by atoms with E-state index in [0.717, 1.165) is 11.1 Å². The van der Waals surface area contributed by atoms with Crippen LogP contribution in [0.5, 0.6) is 0 Å². The van der Waals surface area contributed by atoms with E-state index in [1.165, 1.54) is 35.1 Å². The first kappa shape index (κ1) is 28.3. The summed E-state index contributed by atoms with van der Waals surface area (Å²) in [4.78, 5) is 45.2. The Balaban J connectivity index is 1.45. The second kappa shape index (κ2) is 11.5. The number of anilines is 1. The summed E-state index contributed by atoms with van der Waals surface area (Å²) < 4.78 is 7.26. The fraction of sp³-hybridized carbons (Fsp3) is 0.161. The molecule has 1 aliphatic rings. The molecule has 3 aromatic heterocycles. The average Bonchev–Trinajstić information content (AvgIpc) is 3.71. The van der Waals surface area contributed by atoms with Gasteiger partial charge in [-0.25, -0.2) is 9.78 Å². The first-order valence-corrected chi connectivity index (χ1v) is 15.0. The highest BCUT2D eigenvalue weighted by atomic mass is 32.2. The quantitative estimate of drug-likeness (QED) is 0.0633. The molecule has 1 unspecified atom stereocenters. The molecule has 0 saturated carbocycles. The van der Waals surface area contributed by atoms with Gasteiger partial charge in [-0.15, -0.1) is 10.2 Å². The van der Waals surface area contributed by atoms with Gasteiger partial charge in [-0.1, -0.05) is 71.6 Å². The van der Waals surface area contributed by atoms with Crippen LogP contribution in [0.4, 0.5) is 5.13 Å². The number of carbonyl (C=O) groups excluding carboxylic acids is 3. The van der Waals surface area contributed by atoms with Crippen LogP contribution in [0.15, 0.2) is 82.8 Å². The highest BCUT2D eigenvalue weighted by molar-refractivity contribution is 8.00. The number of hydrogen-bond acceptors (Lipinski definition) is 10. The molecule has 10 nitrogen and oxygen atoms in total. The number of aryl methyl sites for hydroxylation is 2. The number of carbonyl (C=O) groups is 3. The minimum Gasteiger partial charge on any atom is -0.505 e. The van der Waals surface area contributed by atoms with Gasteiger partial charge in [0.2, 0.25) is 5.13 Å². The number of amides is 1. The van der Waals surface area contributed by atoms with Crippen molar-refractivity contribution in [3.63, 3.8) is 0 Å². The van der Waals surface area contributed by atoms with Crippen molar-refractivity contribution in [2.24, 2.45) is 0 Å². The highest BCUT2D eigenvalue weighted by Crippen LogP contribution is 2.44. The van der Waals surface area contributed by atoms with Gasteiger partial charge in [0, 0.05) is 11.9 Å². The molecule has 0 spiro atoms. The van der Waals surface area contributed by atoms with E-state index < -0.39 is 29.5 Å². The Morgan fingerprint density at radius 2 is 1.77 bits per heavy atom. The fourth-order valence-electron chi connectivity index (χ4n) is 5.02. The lowest BCUT2D eigenvalue weighted by atomic mass is 9.95. The number of esters is 1. The summed E-state index contributed by atoms with van der Waals surface area (Å²) in [6.45, 7) is 3.68. The summed E-state index contributed by atoms with van der Waals surface area (Å²) in [5.41, 5.74) is 4.07. The summed E-state index contributed by atoms with van der Waals surface area (Å²) >= 11 is 2.65. The zero-order valence-electron chi connectivity index (χ0n) is 23.3. The third-order valence-corrected chi connectivity index (χ3v) is 9.33. The zero-order chi connectivity index (χ0) is 30.2. The molecule has 1 amide bonds. The SMILES string of the molecule is COC(=O)c1ccc(C2C(=C(O)c3nc4c(C)cccn4c3C)C(=O)C(=O)N2c2nnc(SCc3ccccc3)s2)cc1. The number of rotatable bonds is 7. The number of ketones is 1. The maximum atomic E-state index is 13.7. The van der Waals surface area contributed by atoms with Crippen LogP contribution in [0.2, 0.25) is 0 Å². The van der Waals surface area contributed by atoms with Crippen LogP contribution in [0, 0.1) is 13.8 Å². The van der Waals surface area contributed by atoms with Crippen LogP contribution >= 0.6 is 23.1 Å². The number of benzene rings is 2. The topological polar surface area (TPSA) is 127 Å². The molecule has 12 heteroatoms. The minimum absolute atomic E-state index is 0.131. The molecule has 2 aromatic carbocycles. The monoisotopic (exact) mass is 611 g/mol. The summed E-state index contributed by atoms with van der Waals surface area (Å²) in [6.07, 6.45) is 1.82. The maximum absolute atomic E-state index is 13.7. The molecule has 43 heavy (non-hydrogen) atoms. The lowest BCUT2D eigenvalue weighted by Crippen LogP contribution is -2.29. The number of aliphatic hydroxyl groups is 1. The highest BCUT2D eigenvalue weighted by Gasteiger charge is 2.49. The predicted octanol–water partition coefficient (Wildman–Crippen LogP) is 5.51. The first-order valence-electron chi connectivity index (χ1n) is 13.2. The van der Waals surface area contributed by atoms with Gasteiger partial charge in [0.05, 0.1) is 30.0 Å². The molecule has 4 heterocycles. The van der Waals surface area contributed by atoms with Crippen LogP contribution < -0.4 is 4.90 Å². The van der Waals surface area contributed by atoms with E-state index >= 15 is 0 Å². The van der Waals surface area contributed by atoms with Gasteiger partial charge >= 0.3 is 11.9 Å². The molecule has 1 N–H and O–H groups in total. The fourth-order valence-corrected chi connectivity index (χ4v) is 6.84. The Kier molecular flexibility index (Phi) is 7.55. The molecule has 5 aromatic rings. The van der Waals surface area contributed by atoms with E-state index in [9.17, 15) is 19.5 Å². The van der Waals surface area contributed by atoms with Crippen molar-refractivity contribution in [1.82, 2.24) is 19.6 Å². The normalized spacial score (nSPS) is 16.3. The average molecular weight is 612 g/mol. The van der Waals surface area contributed by atoms with Gasteiger partial charge in [0.15, 0.2) is 10.1 Å². The van der Waals surface area contributed by atoms with E-state index in [1.807, 2.05) is 60.0 Å². The maximum Gasteiger partial charge on any atom is 0.337 e. The van der Waals surface area contributed by atoms with E-state index in [1.54, 1.807) is 31.2 Å². The molecule has 1 fully saturated rings. The Morgan fingerprint density at radius 1 is 1.02 bits per heavy atom. The third kappa shape index (κ3) is 5.08. The largest absolute Gasteiger partial charge is 0.505 e. The summed E-state index contributed by atoms with van der Waals surface area (Å²) in [7, 11) is 1.28. The van der Waals surface area contributed by atoms with Crippen molar-refractivity contribution >= 4 is 57.3 Å². The molecule has 1 aliphatic heterocycles. The van der Waals surface area contributed by atoms with Gasteiger partial charge in [-0.2, -0.15) is 0 Å². The lowest BCUT2D eigenvalue weighted by molar-refractivity contribution is -0.132. The van der Waals surface area contributed by atoms with Gasteiger partial charge < -0.3 is 14.2 Å². The van der Waals surface area contributed by atoms with Crippen molar-refractivity contribution in [2.75, 3.05) is 12.0 Å². The molecular weight excluding hydrogens is 587 g/mol. The number of nitrogens with zero attached hydrogens (tertiary/aromatic N) is 5. The number of aliphatic hydroxyl groups excluding tert-OH is 1. The van der Waals surface area contributed by atoms with Crippen LogP contribution in [0.3, 0.4) is 0 Å². The number of fused-ring (bicyclic) bond motifs is 1. The number of Topliss-reactive ketones (excluding diaryl/α,β-unsaturated/α-hetero) is 1. The molecule has 216 valence electrons. The van der Waals surface area contributed by atoms with Crippen molar-refractivity contribution < 1.29 is 24.2 Å². The standard InChI is InChI=1S/C31H25N5O5S2/c1-17-8-7-15-35-18(2)23(32-27(17)35)25(37)22-24(20-11-13-21(14-12-20)29(40)41-3)36(28(39)26(22)38)30-33-34-31(43-30)42-16-19-9-5-4-6-10-19/h4-15,24,37H,16H2,1-3H3. The summed E-state index contributed by atoms with van der Waals surface area (Å²) in [5, 5.41) is 20.4. The van der Waals surface area contributed by atoms with E-state index in [4.69, 9.17) is 4.74 Å². The van der Waals surface area contributed by atoms with Gasteiger partial charge in [-0.05, 0) is 48.7 Å². The van der Waals surface area contributed by atoms with Crippen molar-refractivity contribution in [2.45, 2.75) is 30.0 Å². The first-order chi connectivity index (χ1) is 20.8. The number of imidazole rings is 1. The number of hydrogen-bond donors (Lipinski definition) is 1. The summed E-state index contributed by atoms with van der Waals surface area (Å²) in [6, 6.07) is 18.9. The minimum atomic E-state index is -1.04. The molecular formula is C31H25N5O5S2. The summed E-state index contributed by atoms with van der Waals surface area (Å²) in [5.74, 6) is -2.00. The predicted molar refractivity (Wildman–Crippen MR) is 163 cm³/mol. The number of thioether (sulfide) groups is 1. The Bertz CT molecular complexity index is 1910. The van der Waals surface area contributed by atoms with Gasteiger partial charge in [-0.3, -0.25) is 14.5 Å². The van der Waals surface area contributed by atoms with Crippen molar-refractivity contribution in [3.8, 4) is 0 Å². The van der Waals surface area contributed by atoms with Crippen LogP contribution in [0.1, 0.15) is 44.5 Å². The number of ether oxygens (including phenoxy) is 1. The molecule has 6 rings (SSSR count). The molecule has 0 radical (unpaired) electrons. The van der Waals surface area contributed by atoms with Crippen molar-refractivity contribution in [3.05, 3.63) is 112 Å². The lowest BCUT2D eigenvalue weighted by Gasteiger charge is -2.22. The smallest absolute Gasteiger partial charge is 0.337 e. The van der Waals surface area contributed by atoms with Crippen molar-refractivity contribution in [1.29, 1.82) is 0 Å². The van der Waals surface area contributed by atoms with Gasteiger partial charge in [0.1, 0.15) is 11.3 Å². The second-order valence-corrected chi connectivity index (χ2v) is 12.0. The molecule has 0 aliphatic carbocycles. The Hall–Kier alpha value is -4.81. The molecule has 0 bridgehead atoms. The number of pyridine rings is 1.